The van der Waals surface area contributed by atoms with Gasteiger partial charge in [0, 0.05) is 42.3 Å². The molecule has 0 saturated heterocycles. The molecular weight excluding hydrogens is 334 g/mol. The zero-order chi connectivity index (χ0) is 17.5. The van der Waals surface area contributed by atoms with Crippen molar-refractivity contribution in [3.05, 3.63) is 95.0 Å². The number of rotatable bonds is 6. The zero-order valence-corrected chi connectivity index (χ0v) is 14.4. The summed E-state index contributed by atoms with van der Waals surface area (Å²) in [5.74, 6) is -0.362. The third kappa shape index (κ3) is 4.88. The summed E-state index contributed by atoms with van der Waals surface area (Å²) in [6, 6.07) is 16.9. The third-order valence-corrected chi connectivity index (χ3v) is 4.20. The molecule has 0 aliphatic heterocycles. The van der Waals surface area contributed by atoms with Crippen molar-refractivity contribution in [3.63, 3.8) is 0 Å². The average molecular weight is 352 g/mol. The number of nitrogens with one attached hydrogen (secondary N) is 1. The second-order valence-corrected chi connectivity index (χ2v) is 6.14. The van der Waals surface area contributed by atoms with Crippen molar-refractivity contribution < 1.29 is 4.79 Å². The molecule has 2 aromatic heterocycles. The smallest absolute Gasteiger partial charge is 0.228 e. The molecule has 1 aromatic carbocycles. The summed E-state index contributed by atoms with van der Waals surface area (Å²) in [5, 5.41) is 3.66. The van der Waals surface area contributed by atoms with Crippen LogP contribution in [0.15, 0.2) is 73.2 Å². The maximum atomic E-state index is 12.8. The SMILES string of the molecule is O=C(NCc1ccncc1)C(Cc1ccccn1)c1ccc(Cl)cc1. The molecule has 1 atom stereocenters. The van der Waals surface area contributed by atoms with Crippen molar-refractivity contribution in [2.75, 3.05) is 0 Å². The lowest BCUT2D eigenvalue weighted by Crippen LogP contribution is -2.30. The topological polar surface area (TPSA) is 54.9 Å². The maximum absolute atomic E-state index is 12.8. The molecule has 0 fully saturated rings. The second kappa shape index (κ2) is 8.40. The minimum absolute atomic E-state index is 0.0372. The van der Waals surface area contributed by atoms with E-state index in [0.717, 1.165) is 16.8 Å². The molecule has 0 saturated carbocycles. The van der Waals surface area contributed by atoms with Gasteiger partial charge in [0.25, 0.3) is 0 Å². The summed E-state index contributed by atoms with van der Waals surface area (Å²) in [5.41, 5.74) is 2.81. The van der Waals surface area contributed by atoms with Crippen LogP contribution in [0.5, 0.6) is 0 Å². The predicted molar refractivity (Wildman–Crippen MR) is 98.2 cm³/mol. The number of hydrogen-bond acceptors (Lipinski definition) is 3. The lowest BCUT2D eigenvalue weighted by molar-refractivity contribution is -0.122. The van der Waals surface area contributed by atoms with E-state index < -0.39 is 0 Å². The molecule has 3 aromatic rings. The first-order valence-corrected chi connectivity index (χ1v) is 8.42. The Morgan fingerprint density at radius 2 is 1.76 bits per heavy atom. The highest BCUT2D eigenvalue weighted by Gasteiger charge is 2.21. The van der Waals surface area contributed by atoms with Crippen LogP contribution in [0.1, 0.15) is 22.7 Å². The third-order valence-electron chi connectivity index (χ3n) is 3.94. The van der Waals surface area contributed by atoms with Crippen molar-refractivity contribution in [2.45, 2.75) is 18.9 Å². The van der Waals surface area contributed by atoms with Crippen LogP contribution in [0.4, 0.5) is 0 Å². The number of carbonyl (C=O) groups is 1. The van der Waals surface area contributed by atoms with Crippen molar-refractivity contribution in [1.29, 1.82) is 0 Å². The molecule has 4 nitrogen and oxygen atoms in total. The number of nitrogens with zero attached hydrogens (tertiary/aromatic N) is 2. The Morgan fingerprint density at radius 1 is 1.00 bits per heavy atom. The second-order valence-electron chi connectivity index (χ2n) is 5.70. The van der Waals surface area contributed by atoms with E-state index in [9.17, 15) is 4.79 Å². The van der Waals surface area contributed by atoms with Crippen LogP contribution >= 0.6 is 11.6 Å². The number of hydrogen-bond donors (Lipinski definition) is 1. The van der Waals surface area contributed by atoms with Gasteiger partial charge in [0.15, 0.2) is 0 Å². The number of halogens is 1. The first kappa shape index (κ1) is 17.1. The standard InChI is InChI=1S/C20H18ClN3O/c21-17-6-4-16(5-7-17)19(13-18-3-1-2-10-23-18)20(25)24-14-15-8-11-22-12-9-15/h1-12,19H,13-14H2,(H,24,25). The summed E-state index contributed by atoms with van der Waals surface area (Å²) >= 11 is 5.98. The molecule has 0 bridgehead atoms. The van der Waals surface area contributed by atoms with Gasteiger partial charge in [-0.3, -0.25) is 14.8 Å². The molecule has 0 spiro atoms. The molecule has 0 radical (unpaired) electrons. The van der Waals surface area contributed by atoms with E-state index in [0.29, 0.717) is 18.0 Å². The summed E-state index contributed by atoms with van der Waals surface area (Å²) in [6.45, 7) is 0.466. The fourth-order valence-electron chi connectivity index (χ4n) is 2.60. The Balaban J connectivity index is 1.77. The van der Waals surface area contributed by atoms with Gasteiger partial charge in [-0.1, -0.05) is 29.8 Å². The quantitative estimate of drug-likeness (QED) is 0.735. The van der Waals surface area contributed by atoms with Gasteiger partial charge >= 0.3 is 0 Å². The molecule has 0 aliphatic carbocycles. The van der Waals surface area contributed by atoms with Gasteiger partial charge in [0.1, 0.15) is 0 Å². The average Bonchev–Trinajstić information content (AvgIpc) is 2.67. The number of carbonyl (C=O) groups excluding carboxylic acids is 1. The molecule has 1 N–H and O–H groups in total. The van der Waals surface area contributed by atoms with E-state index in [2.05, 4.69) is 15.3 Å². The number of aromatic nitrogens is 2. The fourth-order valence-corrected chi connectivity index (χ4v) is 2.72. The molecule has 3 rings (SSSR count). The monoisotopic (exact) mass is 351 g/mol. The summed E-state index contributed by atoms with van der Waals surface area (Å²) in [4.78, 5) is 21.2. The van der Waals surface area contributed by atoms with Gasteiger partial charge in [-0.25, -0.2) is 0 Å². The summed E-state index contributed by atoms with van der Waals surface area (Å²) in [7, 11) is 0. The van der Waals surface area contributed by atoms with Gasteiger partial charge in [-0.2, -0.15) is 0 Å². The lowest BCUT2D eigenvalue weighted by Gasteiger charge is -2.17. The molecule has 25 heavy (non-hydrogen) atoms. The number of pyridine rings is 2. The Hall–Kier alpha value is -2.72. The maximum Gasteiger partial charge on any atom is 0.228 e. The Bertz CT molecular complexity index is 807. The normalized spacial score (nSPS) is 11.7. The van der Waals surface area contributed by atoms with E-state index in [4.69, 9.17) is 11.6 Å². The van der Waals surface area contributed by atoms with Gasteiger partial charge < -0.3 is 5.32 Å². The molecule has 126 valence electrons. The minimum Gasteiger partial charge on any atom is -0.351 e. The first-order chi connectivity index (χ1) is 12.2. The van der Waals surface area contributed by atoms with Crippen molar-refractivity contribution >= 4 is 17.5 Å². The highest BCUT2D eigenvalue weighted by atomic mass is 35.5. The Labute approximate surface area is 151 Å². The molecule has 5 heteroatoms. The van der Waals surface area contributed by atoms with Crippen molar-refractivity contribution in [2.24, 2.45) is 0 Å². The Morgan fingerprint density at radius 3 is 2.44 bits per heavy atom. The molecule has 0 aliphatic rings. The van der Waals surface area contributed by atoms with E-state index in [1.807, 2.05) is 42.5 Å². The van der Waals surface area contributed by atoms with Crippen LogP contribution < -0.4 is 5.32 Å². The van der Waals surface area contributed by atoms with Crippen LogP contribution in [0.3, 0.4) is 0 Å². The van der Waals surface area contributed by atoms with Gasteiger partial charge in [0.05, 0.1) is 5.92 Å². The highest BCUT2D eigenvalue weighted by Crippen LogP contribution is 2.22. The van der Waals surface area contributed by atoms with Crippen LogP contribution in [0.2, 0.25) is 5.02 Å². The molecule has 2 heterocycles. The van der Waals surface area contributed by atoms with E-state index >= 15 is 0 Å². The van der Waals surface area contributed by atoms with Crippen LogP contribution in [0, 0.1) is 0 Å². The molecular formula is C20H18ClN3O. The van der Waals surface area contributed by atoms with Crippen molar-refractivity contribution in [3.8, 4) is 0 Å². The van der Waals surface area contributed by atoms with Crippen LogP contribution in [-0.4, -0.2) is 15.9 Å². The number of benzene rings is 1. The van der Waals surface area contributed by atoms with Crippen LogP contribution in [0.25, 0.3) is 0 Å². The minimum atomic E-state index is -0.325. The van der Waals surface area contributed by atoms with E-state index in [1.54, 1.807) is 30.7 Å². The zero-order valence-electron chi connectivity index (χ0n) is 13.6. The van der Waals surface area contributed by atoms with E-state index in [-0.39, 0.29) is 11.8 Å². The Kier molecular flexibility index (Phi) is 5.75. The van der Waals surface area contributed by atoms with Crippen molar-refractivity contribution in [1.82, 2.24) is 15.3 Å². The van der Waals surface area contributed by atoms with Gasteiger partial charge in [-0.15, -0.1) is 0 Å². The molecule has 1 unspecified atom stereocenters. The van der Waals surface area contributed by atoms with Gasteiger partial charge in [-0.05, 0) is 47.5 Å². The largest absolute Gasteiger partial charge is 0.351 e. The highest BCUT2D eigenvalue weighted by molar-refractivity contribution is 6.30. The van der Waals surface area contributed by atoms with E-state index in [1.165, 1.54) is 0 Å². The van der Waals surface area contributed by atoms with Gasteiger partial charge in [0.2, 0.25) is 5.91 Å². The number of amides is 1. The molecule has 1 amide bonds. The first-order valence-electron chi connectivity index (χ1n) is 8.04. The summed E-state index contributed by atoms with van der Waals surface area (Å²) < 4.78 is 0. The predicted octanol–water partition coefficient (Wildman–Crippen LogP) is 3.77. The lowest BCUT2D eigenvalue weighted by atomic mass is 9.93. The summed E-state index contributed by atoms with van der Waals surface area (Å²) in [6.07, 6.45) is 5.70. The van der Waals surface area contributed by atoms with Crippen LogP contribution in [-0.2, 0) is 17.8 Å². The fraction of sp³-hybridized carbons (Fsp3) is 0.150.